The summed E-state index contributed by atoms with van der Waals surface area (Å²) >= 11 is 0. The molecule has 1 aliphatic rings. The van der Waals surface area contributed by atoms with Crippen molar-refractivity contribution in [1.82, 2.24) is 9.62 Å². The molecule has 1 unspecified atom stereocenters. The van der Waals surface area contributed by atoms with Crippen LogP contribution in [0, 0.1) is 0 Å². The SMILES string of the molecule is COC(=O)CS(=O)(=O)N1CCNC(=O)C1CC(=O)O. The summed E-state index contributed by atoms with van der Waals surface area (Å²) in [7, 11) is -3.05. The minimum Gasteiger partial charge on any atom is -0.481 e. The molecule has 10 heteroatoms. The molecule has 2 N–H and O–H groups in total. The minimum absolute atomic E-state index is 0.0648. The molecule has 1 saturated heterocycles. The van der Waals surface area contributed by atoms with Crippen LogP contribution >= 0.6 is 0 Å². The van der Waals surface area contributed by atoms with Gasteiger partial charge in [0, 0.05) is 13.1 Å². The Bertz CT molecular complexity index is 487. The maximum absolute atomic E-state index is 11.9. The number of ether oxygens (including phenoxy) is 1. The Morgan fingerprint density at radius 2 is 2.16 bits per heavy atom. The highest BCUT2D eigenvalue weighted by atomic mass is 32.2. The first-order chi connectivity index (χ1) is 8.77. The van der Waals surface area contributed by atoms with E-state index in [1.165, 1.54) is 0 Å². The molecule has 1 rings (SSSR count). The van der Waals surface area contributed by atoms with E-state index in [2.05, 4.69) is 10.1 Å². The van der Waals surface area contributed by atoms with Crippen LogP contribution in [0.1, 0.15) is 6.42 Å². The summed E-state index contributed by atoms with van der Waals surface area (Å²) < 4.78 is 28.9. The number of esters is 1. The number of sulfonamides is 1. The number of nitrogens with one attached hydrogen (secondary N) is 1. The maximum Gasteiger partial charge on any atom is 0.322 e. The second kappa shape index (κ2) is 5.97. The zero-order chi connectivity index (χ0) is 14.6. The molecule has 19 heavy (non-hydrogen) atoms. The van der Waals surface area contributed by atoms with Crippen molar-refractivity contribution in [2.24, 2.45) is 0 Å². The van der Waals surface area contributed by atoms with Gasteiger partial charge in [0.25, 0.3) is 0 Å². The van der Waals surface area contributed by atoms with E-state index in [9.17, 15) is 22.8 Å². The Balaban J connectivity index is 2.96. The molecular weight excluding hydrogens is 280 g/mol. The van der Waals surface area contributed by atoms with Gasteiger partial charge in [-0.25, -0.2) is 8.42 Å². The quantitative estimate of drug-likeness (QED) is 0.548. The molecule has 0 aromatic rings. The molecule has 1 heterocycles. The van der Waals surface area contributed by atoms with Crippen molar-refractivity contribution in [3.05, 3.63) is 0 Å². The Kier molecular flexibility index (Phi) is 4.84. The van der Waals surface area contributed by atoms with E-state index in [0.29, 0.717) is 0 Å². The molecule has 1 fully saturated rings. The Hall–Kier alpha value is -1.68. The van der Waals surface area contributed by atoms with Gasteiger partial charge in [0.1, 0.15) is 6.04 Å². The summed E-state index contributed by atoms with van der Waals surface area (Å²) in [5.41, 5.74) is 0. The summed E-state index contributed by atoms with van der Waals surface area (Å²) in [6.45, 7) is -0.0155. The summed E-state index contributed by atoms with van der Waals surface area (Å²) in [6, 6.07) is -1.35. The Labute approximate surface area is 109 Å². The normalized spacial score (nSPS) is 20.7. The number of carboxylic acids is 1. The van der Waals surface area contributed by atoms with Crippen molar-refractivity contribution >= 4 is 27.9 Å². The molecule has 0 bridgehead atoms. The molecule has 108 valence electrons. The minimum atomic E-state index is -4.09. The van der Waals surface area contributed by atoms with Crippen LogP contribution in [0.3, 0.4) is 0 Å². The second-order valence-corrected chi connectivity index (χ2v) is 5.77. The molecule has 0 radical (unpaired) electrons. The number of piperazine rings is 1. The highest BCUT2D eigenvalue weighted by Crippen LogP contribution is 2.14. The van der Waals surface area contributed by atoms with Gasteiger partial charge in [0.15, 0.2) is 5.75 Å². The highest BCUT2D eigenvalue weighted by Gasteiger charge is 2.39. The Morgan fingerprint density at radius 3 is 2.68 bits per heavy atom. The summed E-state index contributed by atoms with van der Waals surface area (Å²) in [6.07, 6.45) is -0.660. The van der Waals surface area contributed by atoms with Crippen molar-refractivity contribution in [2.45, 2.75) is 12.5 Å². The number of rotatable bonds is 5. The van der Waals surface area contributed by atoms with Crippen LogP contribution in [-0.4, -0.2) is 67.7 Å². The molecule has 0 aliphatic carbocycles. The average molecular weight is 294 g/mol. The van der Waals surface area contributed by atoms with Crippen LogP contribution in [0.25, 0.3) is 0 Å². The molecule has 9 nitrogen and oxygen atoms in total. The van der Waals surface area contributed by atoms with E-state index in [1.54, 1.807) is 0 Å². The van der Waals surface area contributed by atoms with Crippen LogP contribution < -0.4 is 5.32 Å². The Morgan fingerprint density at radius 1 is 1.53 bits per heavy atom. The number of carbonyl (C=O) groups is 3. The van der Waals surface area contributed by atoms with Gasteiger partial charge < -0.3 is 15.2 Å². The number of amides is 1. The fourth-order valence-corrected chi connectivity index (χ4v) is 3.19. The van der Waals surface area contributed by atoms with Crippen LogP contribution in [0.15, 0.2) is 0 Å². The second-order valence-electron chi connectivity index (χ2n) is 3.85. The number of methoxy groups -OCH3 is 1. The van der Waals surface area contributed by atoms with Crippen molar-refractivity contribution in [3.8, 4) is 0 Å². The van der Waals surface area contributed by atoms with Gasteiger partial charge in [0.05, 0.1) is 13.5 Å². The summed E-state index contributed by atoms with van der Waals surface area (Å²) in [5, 5.41) is 11.1. The van der Waals surface area contributed by atoms with Crippen LogP contribution in [-0.2, 0) is 29.1 Å². The van der Waals surface area contributed by atoms with Crippen molar-refractivity contribution in [1.29, 1.82) is 0 Å². The molecule has 1 amide bonds. The third kappa shape index (κ3) is 3.89. The molecule has 0 saturated carbocycles. The molecule has 0 spiro atoms. The van der Waals surface area contributed by atoms with Crippen molar-refractivity contribution in [2.75, 3.05) is 26.0 Å². The van der Waals surface area contributed by atoms with E-state index >= 15 is 0 Å². The number of carboxylic acid groups (broad SMARTS) is 1. The van der Waals surface area contributed by atoms with E-state index in [-0.39, 0.29) is 13.1 Å². The van der Waals surface area contributed by atoms with Crippen LogP contribution in [0.4, 0.5) is 0 Å². The number of nitrogens with zero attached hydrogens (tertiary/aromatic N) is 1. The fourth-order valence-electron chi connectivity index (χ4n) is 1.68. The van der Waals surface area contributed by atoms with Crippen molar-refractivity contribution in [3.63, 3.8) is 0 Å². The van der Waals surface area contributed by atoms with Gasteiger partial charge in [0.2, 0.25) is 15.9 Å². The molecule has 1 aliphatic heterocycles. The van der Waals surface area contributed by atoms with Gasteiger partial charge in [-0.2, -0.15) is 4.31 Å². The number of hydrogen-bond acceptors (Lipinski definition) is 6. The third-order valence-corrected chi connectivity index (χ3v) is 4.29. The number of carbonyl (C=O) groups excluding carboxylic acids is 2. The van der Waals surface area contributed by atoms with E-state index in [0.717, 1.165) is 11.4 Å². The van der Waals surface area contributed by atoms with Gasteiger partial charge in [-0.1, -0.05) is 0 Å². The molecule has 1 atom stereocenters. The zero-order valence-electron chi connectivity index (χ0n) is 10.2. The highest BCUT2D eigenvalue weighted by molar-refractivity contribution is 7.89. The lowest BCUT2D eigenvalue weighted by molar-refractivity contribution is -0.141. The maximum atomic E-state index is 11.9. The lowest BCUT2D eigenvalue weighted by Gasteiger charge is -2.32. The van der Waals surface area contributed by atoms with Gasteiger partial charge in [-0.05, 0) is 0 Å². The zero-order valence-corrected chi connectivity index (χ0v) is 11.0. The molecular formula is C9H14N2O7S. The topological polar surface area (TPSA) is 130 Å². The number of hydrogen-bond donors (Lipinski definition) is 2. The van der Waals surface area contributed by atoms with E-state index in [4.69, 9.17) is 5.11 Å². The fraction of sp³-hybridized carbons (Fsp3) is 0.667. The summed E-state index contributed by atoms with van der Waals surface area (Å²) in [4.78, 5) is 33.3. The first kappa shape index (κ1) is 15.4. The van der Waals surface area contributed by atoms with Gasteiger partial charge in [-0.15, -0.1) is 0 Å². The van der Waals surface area contributed by atoms with E-state index < -0.39 is 46.1 Å². The van der Waals surface area contributed by atoms with Gasteiger partial charge >= 0.3 is 11.9 Å². The first-order valence-corrected chi connectivity index (χ1v) is 6.94. The monoisotopic (exact) mass is 294 g/mol. The van der Waals surface area contributed by atoms with Gasteiger partial charge in [-0.3, -0.25) is 14.4 Å². The molecule has 0 aromatic heterocycles. The smallest absolute Gasteiger partial charge is 0.322 e. The van der Waals surface area contributed by atoms with E-state index in [1.807, 2.05) is 0 Å². The molecule has 0 aromatic carbocycles. The standard InChI is InChI=1S/C9H14N2O7S/c1-18-8(14)5-19(16,17)11-3-2-10-9(15)6(11)4-7(12)13/h6H,2-5H2,1H3,(H,10,15)(H,12,13). The van der Waals surface area contributed by atoms with Crippen LogP contribution in [0.5, 0.6) is 0 Å². The largest absolute Gasteiger partial charge is 0.481 e. The third-order valence-electron chi connectivity index (χ3n) is 2.53. The number of aliphatic carboxylic acids is 1. The van der Waals surface area contributed by atoms with Crippen LogP contribution in [0.2, 0.25) is 0 Å². The summed E-state index contributed by atoms with van der Waals surface area (Å²) in [5.74, 6) is -3.89. The predicted octanol–water partition coefficient (Wildman–Crippen LogP) is -2.24. The first-order valence-electron chi connectivity index (χ1n) is 5.33. The average Bonchev–Trinajstić information content (AvgIpc) is 2.30. The lowest BCUT2D eigenvalue weighted by Crippen LogP contribution is -2.58. The lowest BCUT2D eigenvalue weighted by atomic mass is 10.1. The predicted molar refractivity (Wildman–Crippen MR) is 61.6 cm³/mol. The van der Waals surface area contributed by atoms with Crippen molar-refractivity contribution < 1.29 is 32.6 Å².